The van der Waals surface area contributed by atoms with Gasteiger partial charge in [-0.25, -0.2) is 9.37 Å². The summed E-state index contributed by atoms with van der Waals surface area (Å²) < 4.78 is 32.8. The van der Waals surface area contributed by atoms with Crippen molar-refractivity contribution in [3.8, 4) is 34.2 Å². The summed E-state index contributed by atoms with van der Waals surface area (Å²) >= 11 is 0. The summed E-state index contributed by atoms with van der Waals surface area (Å²) in [5.74, 6) is -0.901. The van der Waals surface area contributed by atoms with Crippen LogP contribution in [0.1, 0.15) is 55.5 Å². The average Bonchev–Trinajstić information content (AvgIpc) is 3.44. The number of hydrogen-bond donors (Lipinski definition) is 1. The zero-order valence-corrected chi connectivity index (χ0v) is 25.0. The van der Waals surface area contributed by atoms with E-state index < -0.39 is 17.3 Å². The van der Waals surface area contributed by atoms with Crippen molar-refractivity contribution in [2.45, 2.75) is 60.4 Å². The van der Waals surface area contributed by atoms with E-state index in [-0.39, 0.29) is 34.8 Å². The standard InChI is InChI=1S/C34H35F2N5O2/c1-6-23-9-8-10-24(7-2)30(23)41-32(29-14-16-40(39-29)19-20(3)4)38-33(42)27(34(41)43)17-22-11-12-26(28(35)18-22)25-13-15-37-31(36)21(25)5/h8-16,18,20,43H,6-7,17,19H2,1-5H3. The third-order valence-corrected chi connectivity index (χ3v) is 7.62. The predicted molar refractivity (Wildman–Crippen MR) is 163 cm³/mol. The molecule has 0 radical (unpaired) electrons. The molecule has 43 heavy (non-hydrogen) atoms. The summed E-state index contributed by atoms with van der Waals surface area (Å²) in [6, 6.07) is 13.8. The van der Waals surface area contributed by atoms with Crippen LogP contribution in [-0.2, 0) is 25.8 Å². The molecule has 9 heteroatoms. The highest BCUT2D eigenvalue weighted by Gasteiger charge is 2.24. The molecule has 222 valence electrons. The molecule has 0 spiro atoms. The number of nitrogens with zero attached hydrogens (tertiary/aromatic N) is 5. The topological polar surface area (TPSA) is 85.8 Å². The van der Waals surface area contributed by atoms with Crippen LogP contribution in [0.5, 0.6) is 5.88 Å². The Kier molecular flexibility index (Phi) is 8.52. The molecule has 0 aliphatic carbocycles. The predicted octanol–water partition coefficient (Wildman–Crippen LogP) is 6.82. The van der Waals surface area contributed by atoms with Crippen LogP contribution >= 0.6 is 0 Å². The quantitative estimate of drug-likeness (QED) is 0.193. The van der Waals surface area contributed by atoms with Crippen molar-refractivity contribution in [3.63, 3.8) is 0 Å². The SMILES string of the molecule is CCc1cccc(CC)c1-n1c(-c2ccn(CC(C)C)n2)nc(=O)c(Cc2ccc(-c3ccnc(F)c3C)c(F)c2)c1O. The van der Waals surface area contributed by atoms with E-state index in [2.05, 4.69) is 28.9 Å². The number of aromatic nitrogens is 5. The molecule has 0 atom stereocenters. The van der Waals surface area contributed by atoms with Crippen LogP contribution < -0.4 is 5.56 Å². The van der Waals surface area contributed by atoms with Crippen molar-refractivity contribution in [1.82, 2.24) is 24.3 Å². The maximum absolute atomic E-state index is 15.4. The maximum Gasteiger partial charge on any atom is 0.280 e. The first-order valence-corrected chi connectivity index (χ1v) is 14.5. The number of hydrogen-bond acceptors (Lipinski definition) is 5. The maximum atomic E-state index is 15.4. The Morgan fingerprint density at radius 1 is 0.977 bits per heavy atom. The van der Waals surface area contributed by atoms with E-state index in [1.54, 1.807) is 40.4 Å². The van der Waals surface area contributed by atoms with Gasteiger partial charge in [0.2, 0.25) is 11.8 Å². The molecule has 0 amide bonds. The molecule has 0 bridgehead atoms. The summed E-state index contributed by atoms with van der Waals surface area (Å²) in [5, 5.41) is 16.5. The molecule has 0 aliphatic rings. The molecule has 0 saturated carbocycles. The lowest BCUT2D eigenvalue weighted by Gasteiger charge is -2.21. The molecule has 0 saturated heterocycles. The first-order chi connectivity index (χ1) is 20.6. The lowest BCUT2D eigenvalue weighted by atomic mass is 9.98. The molecule has 0 unspecified atom stereocenters. The minimum Gasteiger partial charge on any atom is -0.494 e. The normalized spacial score (nSPS) is 11.4. The smallest absolute Gasteiger partial charge is 0.280 e. The Morgan fingerprint density at radius 2 is 1.70 bits per heavy atom. The van der Waals surface area contributed by atoms with Crippen LogP contribution in [0.15, 0.2) is 65.7 Å². The number of aromatic hydroxyl groups is 1. The number of para-hydroxylation sites is 1. The highest BCUT2D eigenvalue weighted by Crippen LogP contribution is 2.33. The van der Waals surface area contributed by atoms with Gasteiger partial charge < -0.3 is 5.11 Å². The fourth-order valence-electron chi connectivity index (χ4n) is 5.44. The van der Waals surface area contributed by atoms with Gasteiger partial charge in [0, 0.05) is 36.5 Å². The van der Waals surface area contributed by atoms with Gasteiger partial charge in [0.15, 0.2) is 5.82 Å². The second-order valence-corrected chi connectivity index (χ2v) is 11.1. The first-order valence-electron chi connectivity index (χ1n) is 14.5. The lowest BCUT2D eigenvalue weighted by molar-refractivity contribution is 0.428. The third-order valence-electron chi connectivity index (χ3n) is 7.62. The van der Waals surface area contributed by atoms with Crippen molar-refractivity contribution < 1.29 is 13.9 Å². The second kappa shape index (κ2) is 12.3. The Balaban J connectivity index is 1.67. The van der Waals surface area contributed by atoms with Gasteiger partial charge in [0.1, 0.15) is 11.5 Å². The van der Waals surface area contributed by atoms with Crippen molar-refractivity contribution in [2.24, 2.45) is 5.92 Å². The van der Waals surface area contributed by atoms with Crippen LogP contribution in [0, 0.1) is 24.6 Å². The summed E-state index contributed by atoms with van der Waals surface area (Å²) in [6.45, 7) is 10.5. The molecular weight excluding hydrogens is 548 g/mol. The molecule has 3 heterocycles. The van der Waals surface area contributed by atoms with Gasteiger partial charge in [0.05, 0.1) is 11.3 Å². The van der Waals surface area contributed by atoms with Crippen molar-refractivity contribution in [3.05, 3.63) is 111 Å². The van der Waals surface area contributed by atoms with Gasteiger partial charge in [-0.1, -0.05) is 58.0 Å². The highest BCUT2D eigenvalue weighted by atomic mass is 19.1. The Morgan fingerprint density at radius 3 is 2.35 bits per heavy atom. The Hall–Kier alpha value is -4.66. The number of halogens is 2. The van der Waals surface area contributed by atoms with E-state index in [9.17, 15) is 14.3 Å². The zero-order chi connectivity index (χ0) is 30.8. The van der Waals surface area contributed by atoms with Crippen LogP contribution in [-0.4, -0.2) is 29.4 Å². The number of aryl methyl sites for hydroxylation is 2. The van der Waals surface area contributed by atoms with Gasteiger partial charge >= 0.3 is 0 Å². The van der Waals surface area contributed by atoms with E-state index in [1.165, 1.54) is 12.3 Å². The van der Waals surface area contributed by atoms with Crippen molar-refractivity contribution >= 4 is 0 Å². The van der Waals surface area contributed by atoms with Crippen LogP contribution in [0.4, 0.5) is 8.78 Å². The molecule has 0 aliphatic heterocycles. The van der Waals surface area contributed by atoms with Gasteiger partial charge in [-0.15, -0.1) is 0 Å². The molecule has 0 fully saturated rings. The van der Waals surface area contributed by atoms with Gasteiger partial charge in [-0.3, -0.25) is 14.0 Å². The molecule has 7 nitrogen and oxygen atoms in total. The van der Waals surface area contributed by atoms with Crippen LogP contribution in [0.2, 0.25) is 0 Å². The molecule has 5 aromatic rings. The van der Waals surface area contributed by atoms with E-state index in [1.807, 2.05) is 38.2 Å². The monoisotopic (exact) mass is 583 g/mol. The van der Waals surface area contributed by atoms with E-state index >= 15 is 4.39 Å². The third kappa shape index (κ3) is 5.84. The minimum atomic E-state index is -0.662. The second-order valence-electron chi connectivity index (χ2n) is 11.1. The fraction of sp³-hybridized carbons (Fsp3) is 0.294. The van der Waals surface area contributed by atoms with E-state index in [0.29, 0.717) is 42.1 Å². The van der Waals surface area contributed by atoms with Gasteiger partial charge in [0.25, 0.3) is 5.56 Å². The first kappa shape index (κ1) is 29.8. The summed E-state index contributed by atoms with van der Waals surface area (Å²) in [7, 11) is 0. The van der Waals surface area contributed by atoms with Crippen molar-refractivity contribution in [1.29, 1.82) is 0 Å². The van der Waals surface area contributed by atoms with Gasteiger partial charge in [-0.2, -0.15) is 14.5 Å². The van der Waals surface area contributed by atoms with Crippen LogP contribution in [0.25, 0.3) is 28.3 Å². The summed E-state index contributed by atoms with van der Waals surface area (Å²) in [6.07, 6.45) is 4.45. The van der Waals surface area contributed by atoms with Crippen molar-refractivity contribution in [2.75, 3.05) is 0 Å². The molecule has 1 N–H and O–H groups in total. The Bertz CT molecular complexity index is 1840. The summed E-state index contributed by atoms with van der Waals surface area (Å²) in [4.78, 5) is 21.6. The molecule has 3 aromatic heterocycles. The fourth-order valence-corrected chi connectivity index (χ4v) is 5.44. The van der Waals surface area contributed by atoms with Gasteiger partial charge in [-0.05, 0) is 66.1 Å². The van der Waals surface area contributed by atoms with E-state index in [4.69, 9.17) is 0 Å². The minimum absolute atomic E-state index is 0.0385. The lowest BCUT2D eigenvalue weighted by Crippen LogP contribution is -2.21. The average molecular weight is 584 g/mol. The highest BCUT2D eigenvalue weighted by molar-refractivity contribution is 5.68. The van der Waals surface area contributed by atoms with Crippen LogP contribution in [0.3, 0.4) is 0 Å². The Labute approximate surface area is 249 Å². The number of benzene rings is 2. The number of pyridine rings is 1. The largest absolute Gasteiger partial charge is 0.494 e. The molecule has 2 aromatic carbocycles. The van der Waals surface area contributed by atoms with E-state index in [0.717, 1.165) is 16.8 Å². The summed E-state index contributed by atoms with van der Waals surface area (Å²) in [5.41, 5.74) is 3.91. The number of rotatable bonds is 9. The molecular formula is C34H35F2N5O2. The zero-order valence-electron chi connectivity index (χ0n) is 25.0. The molecule has 5 rings (SSSR count).